The molecular weight excluding hydrogens is 372 g/mol. The summed E-state index contributed by atoms with van der Waals surface area (Å²) in [5, 5.41) is 0. The van der Waals surface area contributed by atoms with Crippen molar-refractivity contribution in [2.45, 2.75) is 130 Å². The lowest BCUT2D eigenvalue weighted by Crippen LogP contribution is -2.09. The highest BCUT2D eigenvalue weighted by Crippen LogP contribution is 2.17. The van der Waals surface area contributed by atoms with Crippen LogP contribution in [0.3, 0.4) is 0 Å². The fraction of sp³-hybridized carbons (Fsp3) is 0.769. The summed E-state index contributed by atoms with van der Waals surface area (Å²) in [4.78, 5) is 19.3. The number of hydrogen-bond donors (Lipinski definition) is 1. The zero-order valence-corrected chi connectivity index (χ0v) is 19.9. The minimum absolute atomic E-state index is 0.323. The van der Waals surface area contributed by atoms with Gasteiger partial charge in [0.25, 0.3) is 0 Å². The monoisotopic (exact) mass is 418 g/mol. The number of ether oxygens (including phenoxy) is 1. The Morgan fingerprint density at radius 1 is 0.933 bits per heavy atom. The van der Waals surface area contributed by atoms with Crippen molar-refractivity contribution in [2.75, 3.05) is 0 Å². The van der Waals surface area contributed by atoms with E-state index in [9.17, 15) is 4.79 Å². The van der Waals surface area contributed by atoms with E-state index in [4.69, 9.17) is 4.74 Å². The summed E-state index contributed by atoms with van der Waals surface area (Å²) in [5.74, 6) is 0.624. The lowest BCUT2D eigenvalue weighted by molar-refractivity contribution is -0.143. The molecule has 0 saturated heterocycles. The quantitative estimate of drug-likeness (QED) is 0.141. The van der Waals surface area contributed by atoms with Gasteiger partial charge in [0.1, 0.15) is 11.9 Å². The molecule has 1 aromatic heterocycles. The lowest BCUT2D eigenvalue weighted by atomic mass is 10.0. The van der Waals surface area contributed by atoms with E-state index in [1.54, 1.807) is 13.1 Å². The predicted molar refractivity (Wildman–Crippen MR) is 127 cm³/mol. The first-order valence-corrected chi connectivity index (χ1v) is 12.4. The highest BCUT2D eigenvalue weighted by Gasteiger charge is 2.14. The SMILES string of the molecule is C=C(C)C(=O)OC(C)c1cnc(CCCCCCCCCCCCCCCCC)[nH]1. The first kappa shape index (κ1) is 26.5. The molecule has 0 spiro atoms. The molecule has 0 bridgehead atoms. The summed E-state index contributed by atoms with van der Waals surface area (Å²) in [6.45, 7) is 9.40. The number of aromatic amines is 1. The highest BCUT2D eigenvalue weighted by atomic mass is 16.5. The van der Waals surface area contributed by atoms with Gasteiger partial charge in [0, 0.05) is 12.0 Å². The van der Waals surface area contributed by atoms with Crippen molar-refractivity contribution < 1.29 is 9.53 Å². The van der Waals surface area contributed by atoms with Crippen LogP contribution < -0.4 is 0 Å². The van der Waals surface area contributed by atoms with E-state index in [0.717, 1.165) is 24.4 Å². The van der Waals surface area contributed by atoms with E-state index in [1.807, 2.05) is 6.92 Å². The van der Waals surface area contributed by atoms with E-state index in [2.05, 4.69) is 23.5 Å². The Hall–Kier alpha value is -1.58. The standard InChI is InChI=1S/C26H46N2O2/c1-5-6-7-8-9-10-11-12-13-14-15-16-17-18-19-20-25-27-21-24(28-25)23(4)30-26(29)22(2)3/h21,23H,2,5-20H2,1,3-4H3,(H,27,28). The molecule has 1 heterocycles. The number of aromatic nitrogens is 2. The third-order valence-electron chi connectivity index (χ3n) is 5.74. The van der Waals surface area contributed by atoms with Crippen LogP contribution >= 0.6 is 0 Å². The summed E-state index contributed by atoms with van der Waals surface area (Å²) >= 11 is 0. The molecule has 4 heteroatoms. The van der Waals surface area contributed by atoms with Crippen LogP contribution in [-0.2, 0) is 16.0 Å². The maximum Gasteiger partial charge on any atom is 0.333 e. The van der Waals surface area contributed by atoms with Crippen LogP contribution in [0.4, 0.5) is 0 Å². The second-order valence-electron chi connectivity index (χ2n) is 8.81. The Bertz CT molecular complexity index is 579. The smallest absolute Gasteiger partial charge is 0.333 e. The minimum atomic E-state index is -0.360. The number of carbonyl (C=O) groups is 1. The first-order chi connectivity index (χ1) is 14.5. The van der Waals surface area contributed by atoms with Gasteiger partial charge < -0.3 is 9.72 Å². The normalized spacial score (nSPS) is 12.1. The summed E-state index contributed by atoms with van der Waals surface area (Å²) in [7, 11) is 0. The van der Waals surface area contributed by atoms with E-state index < -0.39 is 0 Å². The fourth-order valence-electron chi connectivity index (χ4n) is 3.70. The third-order valence-corrected chi connectivity index (χ3v) is 5.74. The van der Waals surface area contributed by atoms with Gasteiger partial charge in [0.15, 0.2) is 0 Å². The largest absolute Gasteiger partial charge is 0.453 e. The number of imidazole rings is 1. The van der Waals surface area contributed by atoms with Crippen molar-refractivity contribution >= 4 is 5.97 Å². The molecule has 0 aliphatic rings. The van der Waals surface area contributed by atoms with E-state index in [1.165, 1.54) is 89.9 Å². The van der Waals surface area contributed by atoms with Gasteiger partial charge in [-0.1, -0.05) is 103 Å². The van der Waals surface area contributed by atoms with Crippen LogP contribution in [0.5, 0.6) is 0 Å². The predicted octanol–water partition coefficient (Wildman–Crippen LogP) is 8.00. The number of aryl methyl sites for hydroxylation is 1. The molecule has 1 atom stereocenters. The van der Waals surface area contributed by atoms with Gasteiger partial charge in [0.05, 0.1) is 11.9 Å². The van der Waals surface area contributed by atoms with Gasteiger partial charge >= 0.3 is 5.97 Å². The van der Waals surface area contributed by atoms with Crippen LogP contribution in [0.25, 0.3) is 0 Å². The Labute approximate surface area is 185 Å². The zero-order chi connectivity index (χ0) is 22.0. The number of carbonyl (C=O) groups excluding carboxylic acids is 1. The summed E-state index contributed by atoms with van der Waals surface area (Å²) in [5.41, 5.74) is 1.26. The van der Waals surface area contributed by atoms with Crippen molar-refractivity contribution in [1.29, 1.82) is 0 Å². The average Bonchev–Trinajstić information content (AvgIpc) is 3.20. The van der Waals surface area contributed by atoms with Gasteiger partial charge in [-0.2, -0.15) is 0 Å². The van der Waals surface area contributed by atoms with Gasteiger partial charge in [-0.15, -0.1) is 0 Å². The summed E-state index contributed by atoms with van der Waals surface area (Å²) < 4.78 is 5.33. The third kappa shape index (κ3) is 12.9. The Morgan fingerprint density at radius 2 is 1.40 bits per heavy atom. The molecule has 0 amide bonds. The first-order valence-electron chi connectivity index (χ1n) is 12.4. The highest BCUT2D eigenvalue weighted by molar-refractivity contribution is 5.87. The number of unbranched alkanes of at least 4 members (excludes halogenated alkanes) is 14. The molecule has 0 saturated carbocycles. The number of H-pyrrole nitrogens is 1. The van der Waals surface area contributed by atoms with Crippen LogP contribution in [-0.4, -0.2) is 15.9 Å². The fourth-order valence-corrected chi connectivity index (χ4v) is 3.70. The van der Waals surface area contributed by atoms with E-state index in [0.29, 0.717) is 5.57 Å². The molecule has 0 aromatic carbocycles. The average molecular weight is 419 g/mol. The van der Waals surface area contributed by atoms with Crippen LogP contribution in [0.1, 0.15) is 135 Å². The summed E-state index contributed by atoms with van der Waals surface area (Å²) in [6.07, 6.45) is 23.1. The number of rotatable bonds is 19. The molecule has 1 aromatic rings. The van der Waals surface area contributed by atoms with Gasteiger partial charge in [-0.25, -0.2) is 9.78 Å². The van der Waals surface area contributed by atoms with Crippen LogP contribution in [0.2, 0.25) is 0 Å². The molecule has 1 rings (SSSR count). The number of hydrogen-bond acceptors (Lipinski definition) is 3. The van der Waals surface area contributed by atoms with Crippen molar-refractivity contribution in [1.82, 2.24) is 9.97 Å². The zero-order valence-electron chi connectivity index (χ0n) is 19.9. The van der Waals surface area contributed by atoms with Gasteiger partial charge in [0.2, 0.25) is 0 Å². The second kappa shape index (κ2) is 17.1. The van der Waals surface area contributed by atoms with Crippen LogP contribution in [0, 0.1) is 0 Å². The van der Waals surface area contributed by atoms with Crippen molar-refractivity contribution in [3.8, 4) is 0 Å². The van der Waals surface area contributed by atoms with Crippen molar-refractivity contribution in [3.05, 3.63) is 29.9 Å². The Kier molecular flexibility index (Phi) is 15.1. The number of esters is 1. The Morgan fingerprint density at radius 3 is 1.87 bits per heavy atom. The maximum atomic E-state index is 11.6. The molecule has 172 valence electrons. The van der Waals surface area contributed by atoms with Gasteiger partial charge in [-0.3, -0.25) is 0 Å². The second-order valence-corrected chi connectivity index (χ2v) is 8.81. The minimum Gasteiger partial charge on any atom is -0.453 e. The molecule has 4 nitrogen and oxygen atoms in total. The molecular formula is C26H46N2O2. The van der Waals surface area contributed by atoms with E-state index >= 15 is 0 Å². The lowest BCUT2D eigenvalue weighted by Gasteiger charge is -2.11. The topological polar surface area (TPSA) is 55.0 Å². The maximum absolute atomic E-state index is 11.6. The Balaban J connectivity index is 1.94. The molecule has 0 aliphatic carbocycles. The molecule has 0 aliphatic heterocycles. The number of nitrogens with zero attached hydrogens (tertiary/aromatic N) is 1. The molecule has 0 fully saturated rings. The van der Waals surface area contributed by atoms with Crippen LogP contribution in [0.15, 0.2) is 18.3 Å². The molecule has 1 unspecified atom stereocenters. The van der Waals surface area contributed by atoms with E-state index in [-0.39, 0.29) is 12.1 Å². The van der Waals surface area contributed by atoms with Gasteiger partial charge in [-0.05, 0) is 20.3 Å². The van der Waals surface area contributed by atoms with Crippen molar-refractivity contribution in [2.24, 2.45) is 0 Å². The number of nitrogens with one attached hydrogen (secondary N) is 1. The van der Waals surface area contributed by atoms with Crippen molar-refractivity contribution in [3.63, 3.8) is 0 Å². The molecule has 1 N–H and O–H groups in total. The molecule has 0 radical (unpaired) electrons. The summed E-state index contributed by atoms with van der Waals surface area (Å²) in [6, 6.07) is 0. The molecule has 30 heavy (non-hydrogen) atoms.